The number of rotatable bonds is 5. The second-order valence-electron chi connectivity index (χ2n) is 5.82. The molecular formula is C15H27N3. The van der Waals surface area contributed by atoms with Crippen LogP contribution >= 0.6 is 0 Å². The van der Waals surface area contributed by atoms with Crippen LogP contribution in [-0.2, 0) is 13.0 Å². The molecule has 1 unspecified atom stereocenters. The van der Waals surface area contributed by atoms with Crippen molar-refractivity contribution in [3.63, 3.8) is 0 Å². The second-order valence-corrected chi connectivity index (χ2v) is 5.82. The molecule has 3 heteroatoms. The van der Waals surface area contributed by atoms with Crippen molar-refractivity contribution in [2.75, 3.05) is 7.05 Å². The molecule has 0 amide bonds. The second kappa shape index (κ2) is 6.37. The first kappa shape index (κ1) is 13.6. The minimum absolute atomic E-state index is 0.618. The van der Waals surface area contributed by atoms with Crippen molar-refractivity contribution in [3.8, 4) is 0 Å². The predicted molar refractivity (Wildman–Crippen MR) is 75.6 cm³/mol. The van der Waals surface area contributed by atoms with Crippen LogP contribution in [-0.4, -0.2) is 22.9 Å². The molecule has 0 spiro atoms. The van der Waals surface area contributed by atoms with Gasteiger partial charge in [0.05, 0.1) is 6.20 Å². The molecule has 3 nitrogen and oxygen atoms in total. The highest BCUT2D eigenvalue weighted by Gasteiger charge is 2.25. The van der Waals surface area contributed by atoms with E-state index < -0.39 is 0 Å². The number of nitrogens with one attached hydrogen (secondary N) is 1. The van der Waals surface area contributed by atoms with E-state index in [0.29, 0.717) is 6.04 Å². The van der Waals surface area contributed by atoms with Crippen molar-refractivity contribution >= 4 is 0 Å². The zero-order valence-corrected chi connectivity index (χ0v) is 12.0. The Morgan fingerprint density at radius 3 is 2.67 bits per heavy atom. The number of hydrogen-bond donors (Lipinski definition) is 1. The molecule has 1 N–H and O–H groups in total. The molecule has 1 aromatic heterocycles. The average Bonchev–Trinajstić information content (AvgIpc) is 2.85. The lowest BCUT2D eigenvalue weighted by molar-refractivity contribution is 0.235. The molecule has 1 aliphatic rings. The van der Waals surface area contributed by atoms with Crippen LogP contribution in [0.4, 0.5) is 0 Å². The molecule has 18 heavy (non-hydrogen) atoms. The molecule has 0 bridgehead atoms. The van der Waals surface area contributed by atoms with Crippen molar-refractivity contribution < 1.29 is 0 Å². The van der Waals surface area contributed by atoms with Gasteiger partial charge >= 0.3 is 0 Å². The van der Waals surface area contributed by atoms with Crippen LogP contribution in [0.2, 0.25) is 0 Å². The third-order valence-electron chi connectivity index (χ3n) is 4.47. The molecule has 1 aliphatic carbocycles. The normalized spacial score (nSPS) is 26.2. The van der Waals surface area contributed by atoms with Crippen molar-refractivity contribution in [1.82, 2.24) is 15.1 Å². The fourth-order valence-corrected chi connectivity index (χ4v) is 3.13. The average molecular weight is 249 g/mol. The summed E-state index contributed by atoms with van der Waals surface area (Å²) < 4.78 is 2.02. The summed E-state index contributed by atoms with van der Waals surface area (Å²) in [7, 11) is 2.10. The highest BCUT2D eigenvalue weighted by Crippen LogP contribution is 2.31. The van der Waals surface area contributed by atoms with Crippen molar-refractivity contribution in [2.45, 2.75) is 58.5 Å². The van der Waals surface area contributed by atoms with Gasteiger partial charge in [0.25, 0.3) is 0 Å². The first-order valence-corrected chi connectivity index (χ1v) is 7.41. The third kappa shape index (κ3) is 3.35. The summed E-state index contributed by atoms with van der Waals surface area (Å²) in [4.78, 5) is 0. The first-order chi connectivity index (χ1) is 8.72. The fraction of sp³-hybridized carbons (Fsp3) is 0.800. The van der Waals surface area contributed by atoms with Gasteiger partial charge in [0.2, 0.25) is 0 Å². The van der Waals surface area contributed by atoms with Gasteiger partial charge < -0.3 is 5.32 Å². The molecule has 1 heterocycles. The molecule has 1 fully saturated rings. The Morgan fingerprint density at radius 2 is 2.11 bits per heavy atom. The Hall–Kier alpha value is -0.830. The van der Waals surface area contributed by atoms with Crippen LogP contribution in [0.25, 0.3) is 0 Å². The molecule has 0 aliphatic heterocycles. The zero-order valence-electron chi connectivity index (χ0n) is 12.0. The van der Waals surface area contributed by atoms with Gasteiger partial charge in [-0.25, -0.2) is 0 Å². The maximum atomic E-state index is 4.37. The first-order valence-electron chi connectivity index (χ1n) is 7.41. The Kier molecular flexibility index (Phi) is 4.81. The summed E-state index contributed by atoms with van der Waals surface area (Å²) in [6.07, 6.45) is 10.9. The number of likely N-dealkylation sites (N-methyl/N-ethyl adjacent to an activating group) is 1. The van der Waals surface area contributed by atoms with Crippen molar-refractivity contribution in [1.29, 1.82) is 0 Å². The summed E-state index contributed by atoms with van der Waals surface area (Å²) in [6.45, 7) is 5.48. The van der Waals surface area contributed by atoms with Crippen LogP contribution in [0, 0.1) is 11.8 Å². The highest BCUT2D eigenvalue weighted by atomic mass is 15.3. The van der Waals surface area contributed by atoms with E-state index in [-0.39, 0.29) is 0 Å². The SMILES string of the molecule is CCn1cc(CC(NC)C2CCC(C)CC2)cn1. The number of aryl methyl sites for hydroxylation is 1. The van der Waals surface area contributed by atoms with Gasteiger partial charge in [-0.1, -0.05) is 19.8 Å². The quantitative estimate of drug-likeness (QED) is 0.869. The number of hydrogen-bond acceptors (Lipinski definition) is 2. The molecule has 0 radical (unpaired) electrons. The maximum absolute atomic E-state index is 4.37. The van der Waals surface area contributed by atoms with E-state index in [9.17, 15) is 0 Å². The van der Waals surface area contributed by atoms with E-state index in [2.05, 4.69) is 37.5 Å². The Bertz CT molecular complexity index is 350. The van der Waals surface area contributed by atoms with Gasteiger partial charge in [0.1, 0.15) is 0 Å². The standard InChI is InChI=1S/C15H27N3/c1-4-18-11-13(10-17-18)9-15(16-3)14-7-5-12(2)6-8-14/h10-12,14-16H,4-9H2,1-3H3. The van der Waals surface area contributed by atoms with E-state index >= 15 is 0 Å². The van der Waals surface area contributed by atoms with E-state index in [4.69, 9.17) is 0 Å². The molecule has 1 atom stereocenters. The molecule has 2 rings (SSSR count). The minimum Gasteiger partial charge on any atom is -0.316 e. The van der Waals surface area contributed by atoms with E-state index in [1.54, 1.807) is 0 Å². The van der Waals surface area contributed by atoms with Gasteiger partial charge in [-0.15, -0.1) is 0 Å². The van der Waals surface area contributed by atoms with Crippen molar-refractivity contribution in [2.24, 2.45) is 11.8 Å². The maximum Gasteiger partial charge on any atom is 0.0522 e. The molecular weight excluding hydrogens is 222 g/mol. The van der Waals surface area contributed by atoms with Crippen molar-refractivity contribution in [3.05, 3.63) is 18.0 Å². The van der Waals surface area contributed by atoms with Gasteiger partial charge in [-0.05, 0) is 50.6 Å². The largest absolute Gasteiger partial charge is 0.316 e. The number of nitrogens with zero attached hydrogens (tertiary/aromatic N) is 2. The molecule has 1 saturated carbocycles. The monoisotopic (exact) mass is 249 g/mol. The molecule has 102 valence electrons. The van der Waals surface area contributed by atoms with Gasteiger partial charge in [0.15, 0.2) is 0 Å². The smallest absolute Gasteiger partial charge is 0.0522 e. The lowest BCUT2D eigenvalue weighted by atomic mass is 9.78. The van der Waals surface area contributed by atoms with Crippen LogP contribution < -0.4 is 5.32 Å². The van der Waals surface area contributed by atoms with Gasteiger partial charge in [0, 0.05) is 18.8 Å². The summed E-state index contributed by atoms with van der Waals surface area (Å²) in [5, 5.41) is 7.89. The lowest BCUT2D eigenvalue weighted by Gasteiger charge is -2.32. The Labute approximate surface area is 111 Å². The van der Waals surface area contributed by atoms with Crippen LogP contribution in [0.15, 0.2) is 12.4 Å². The summed E-state index contributed by atoms with van der Waals surface area (Å²) >= 11 is 0. The number of aromatic nitrogens is 2. The predicted octanol–water partition coefficient (Wildman–Crippen LogP) is 2.86. The zero-order chi connectivity index (χ0) is 13.0. The fourth-order valence-electron chi connectivity index (χ4n) is 3.13. The molecule has 0 aromatic carbocycles. The highest BCUT2D eigenvalue weighted by molar-refractivity contribution is 5.07. The molecule has 1 aromatic rings. The summed E-state index contributed by atoms with van der Waals surface area (Å²) in [5.74, 6) is 1.78. The van der Waals surface area contributed by atoms with E-state index in [1.807, 2.05) is 10.9 Å². The van der Waals surface area contributed by atoms with E-state index in [0.717, 1.165) is 24.8 Å². The third-order valence-corrected chi connectivity index (χ3v) is 4.47. The van der Waals surface area contributed by atoms with Crippen LogP contribution in [0.3, 0.4) is 0 Å². The lowest BCUT2D eigenvalue weighted by Crippen LogP contribution is -2.37. The van der Waals surface area contributed by atoms with Gasteiger partial charge in [-0.2, -0.15) is 5.10 Å². The Balaban J connectivity index is 1.92. The summed E-state index contributed by atoms with van der Waals surface area (Å²) in [6, 6.07) is 0.618. The molecule has 0 saturated heterocycles. The van der Waals surface area contributed by atoms with E-state index in [1.165, 1.54) is 31.2 Å². The topological polar surface area (TPSA) is 29.9 Å². The Morgan fingerprint density at radius 1 is 1.39 bits per heavy atom. The summed E-state index contributed by atoms with van der Waals surface area (Å²) in [5.41, 5.74) is 1.37. The minimum atomic E-state index is 0.618. The van der Waals surface area contributed by atoms with Crippen LogP contribution in [0.5, 0.6) is 0 Å². The van der Waals surface area contributed by atoms with Gasteiger partial charge in [-0.3, -0.25) is 4.68 Å². The van der Waals surface area contributed by atoms with Crippen LogP contribution in [0.1, 0.15) is 45.1 Å².